The third kappa shape index (κ3) is 3.22. The highest BCUT2D eigenvalue weighted by molar-refractivity contribution is 7.95. The summed E-state index contributed by atoms with van der Waals surface area (Å²) in [6, 6.07) is 44.7. The summed E-state index contributed by atoms with van der Waals surface area (Å²) in [5, 5.41) is 0. The van der Waals surface area contributed by atoms with Crippen molar-refractivity contribution in [2.75, 3.05) is 0 Å². The van der Waals surface area contributed by atoms with Crippen LogP contribution in [0.3, 0.4) is 0 Å². The van der Waals surface area contributed by atoms with Crippen LogP contribution in [0, 0.1) is 6.92 Å². The molecule has 0 fully saturated rings. The molecule has 0 amide bonds. The molecule has 190 valence electrons. The van der Waals surface area contributed by atoms with Gasteiger partial charge >= 0.3 is 0 Å². The summed E-state index contributed by atoms with van der Waals surface area (Å²) in [6.45, 7) is 1.96. The molecule has 0 N–H and O–H groups in total. The monoisotopic (exact) mass is 526 g/mol. The summed E-state index contributed by atoms with van der Waals surface area (Å²) in [4.78, 5) is 0.530. The number of fused-ring (bicyclic) bond motifs is 5. The second kappa shape index (κ2) is 8.63. The zero-order valence-electron chi connectivity index (χ0n) is 21.4. The number of ether oxygens (including phenoxy) is 1. The molecule has 2 aliphatic rings. The van der Waals surface area contributed by atoms with Gasteiger partial charge in [0.2, 0.25) is 9.84 Å². The molecular formula is C35H26O3S. The fourth-order valence-corrected chi connectivity index (χ4v) is 8.18. The van der Waals surface area contributed by atoms with Crippen LogP contribution in [0.4, 0.5) is 0 Å². The van der Waals surface area contributed by atoms with Crippen molar-refractivity contribution >= 4 is 15.4 Å². The Morgan fingerprint density at radius 1 is 0.538 bits per heavy atom. The lowest BCUT2D eigenvalue weighted by Gasteiger charge is -2.32. The van der Waals surface area contributed by atoms with E-state index in [-0.39, 0.29) is 9.80 Å². The highest BCUT2D eigenvalue weighted by Gasteiger charge is 2.68. The van der Waals surface area contributed by atoms with E-state index < -0.39 is 21.0 Å². The van der Waals surface area contributed by atoms with Crippen LogP contribution in [0.15, 0.2) is 149 Å². The molecule has 0 unspecified atom stereocenters. The summed E-state index contributed by atoms with van der Waals surface area (Å²) in [7, 11) is -4.02. The summed E-state index contributed by atoms with van der Waals surface area (Å²) in [5.41, 5.74) is 3.52. The quantitative estimate of drug-likeness (QED) is 0.239. The normalized spacial score (nSPS) is 21.7. The van der Waals surface area contributed by atoms with Gasteiger partial charge < -0.3 is 4.74 Å². The Kier molecular flexibility index (Phi) is 5.28. The maximum Gasteiger partial charge on any atom is 0.206 e. The zero-order chi connectivity index (χ0) is 26.7. The topological polar surface area (TPSA) is 43.4 Å². The average Bonchev–Trinajstić information content (AvgIpc) is 3.49. The van der Waals surface area contributed by atoms with Crippen molar-refractivity contribution in [2.45, 2.75) is 23.0 Å². The van der Waals surface area contributed by atoms with Crippen LogP contribution in [-0.4, -0.2) is 8.42 Å². The van der Waals surface area contributed by atoms with Gasteiger partial charge in [-0.15, -0.1) is 0 Å². The average molecular weight is 527 g/mol. The number of hydrogen-bond donors (Lipinski definition) is 0. The third-order valence-electron chi connectivity index (χ3n) is 7.91. The first-order valence-corrected chi connectivity index (χ1v) is 14.5. The van der Waals surface area contributed by atoms with E-state index in [2.05, 4.69) is 6.07 Å². The number of aryl methyl sites for hydroxylation is 1. The lowest BCUT2D eigenvalue weighted by Crippen LogP contribution is -2.32. The summed E-state index contributed by atoms with van der Waals surface area (Å²) in [6.07, 6.45) is 0. The minimum absolute atomic E-state index is 0.253. The molecule has 2 atom stereocenters. The second-order valence-electron chi connectivity index (χ2n) is 10.1. The summed E-state index contributed by atoms with van der Waals surface area (Å²) < 4.78 is 37.2. The number of hydrogen-bond acceptors (Lipinski definition) is 3. The van der Waals surface area contributed by atoms with Gasteiger partial charge in [0.15, 0.2) is 5.60 Å². The van der Waals surface area contributed by atoms with Crippen molar-refractivity contribution in [3.8, 4) is 0 Å². The molecule has 5 aromatic carbocycles. The molecule has 2 aliphatic heterocycles. The van der Waals surface area contributed by atoms with Crippen molar-refractivity contribution in [3.05, 3.63) is 178 Å². The first-order valence-electron chi connectivity index (χ1n) is 13.0. The van der Waals surface area contributed by atoms with Crippen molar-refractivity contribution in [2.24, 2.45) is 0 Å². The van der Waals surface area contributed by atoms with Crippen LogP contribution in [0.5, 0.6) is 0 Å². The Morgan fingerprint density at radius 2 is 1.00 bits per heavy atom. The van der Waals surface area contributed by atoms with Crippen LogP contribution >= 0.6 is 0 Å². The van der Waals surface area contributed by atoms with Gasteiger partial charge in [0.25, 0.3) is 0 Å². The van der Waals surface area contributed by atoms with Crippen molar-refractivity contribution in [1.82, 2.24) is 0 Å². The van der Waals surface area contributed by atoms with Gasteiger partial charge in [-0.1, -0.05) is 133 Å². The van der Waals surface area contributed by atoms with E-state index in [0.29, 0.717) is 5.57 Å². The molecule has 0 aliphatic carbocycles. The second-order valence-corrected chi connectivity index (χ2v) is 12.0. The van der Waals surface area contributed by atoms with Crippen LogP contribution in [0.2, 0.25) is 0 Å². The molecule has 0 spiro atoms. The molecule has 5 aromatic rings. The number of rotatable bonds is 5. The van der Waals surface area contributed by atoms with Gasteiger partial charge in [0.1, 0.15) is 5.60 Å². The molecule has 0 radical (unpaired) electrons. The van der Waals surface area contributed by atoms with Gasteiger partial charge in [0.05, 0.1) is 9.80 Å². The van der Waals surface area contributed by atoms with E-state index >= 15 is 0 Å². The third-order valence-corrected chi connectivity index (χ3v) is 9.84. The summed E-state index contributed by atoms with van der Waals surface area (Å²) in [5.74, 6) is 0. The smallest absolute Gasteiger partial charge is 0.206 e. The maximum atomic E-state index is 14.9. The predicted molar refractivity (Wildman–Crippen MR) is 154 cm³/mol. The first-order chi connectivity index (χ1) is 19.0. The Hall–Kier alpha value is -4.25. The standard InChI is InChI=1S/C35H26O3S/c1-25-21-23-29(24-22-25)39(36,37)33-32(26-13-5-2-6-14-26)34(27-15-7-3-8-16-27)30-19-11-12-20-31(30)35(33,38-34)28-17-9-4-10-18-28/h2-24H,1H3/t34-,35+/m1/s1. The van der Waals surface area contributed by atoms with Gasteiger partial charge in [-0.3, -0.25) is 0 Å². The molecule has 4 heteroatoms. The fraction of sp³-hybridized carbons (Fsp3) is 0.0857. The number of sulfone groups is 1. The van der Waals surface area contributed by atoms with Crippen LogP contribution in [0.1, 0.15) is 33.4 Å². The zero-order valence-corrected chi connectivity index (χ0v) is 22.2. The van der Waals surface area contributed by atoms with Gasteiger partial charge in [-0.2, -0.15) is 0 Å². The molecule has 3 nitrogen and oxygen atoms in total. The molecule has 2 heterocycles. The van der Waals surface area contributed by atoms with Crippen molar-refractivity contribution in [1.29, 1.82) is 0 Å². The van der Waals surface area contributed by atoms with Gasteiger partial charge in [0, 0.05) is 11.1 Å². The molecule has 0 saturated carbocycles. The van der Waals surface area contributed by atoms with E-state index in [1.54, 1.807) is 12.1 Å². The van der Waals surface area contributed by atoms with Crippen LogP contribution in [0.25, 0.3) is 5.57 Å². The van der Waals surface area contributed by atoms with Gasteiger partial charge in [-0.25, -0.2) is 8.42 Å². The Bertz CT molecular complexity index is 1830. The first kappa shape index (κ1) is 23.8. The van der Waals surface area contributed by atoms with E-state index in [9.17, 15) is 8.42 Å². The minimum atomic E-state index is -4.02. The largest absolute Gasteiger partial charge is 0.339 e. The van der Waals surface area contributed by atoms with E-state index in [1.807, 2.05) is 128 Å². The lowest BCUT2D eigenvalue weighted by atomic mass is 9.70. The lowest BCUT2D eigenvalue weighted by molar-refractivity contribution is -0.0217. The molecule has 39 heavy (non-hydrogen) atoms. The molecule has 0 aromatic heterocycles. The van der Waals surface area contributed by atoms with E-state index in [4.69, 9.17) is 4.74 Å². The fourth-order valence-electron chi connectivity index (χ4n) is 6.28. The minimum Gasteiger partial charge on any atom is -0.339 e. The highest BCUT2D eigenvalue weighted by atomic mass is 32.2. The SMILES string of the molecule is Cc1ccc(S(=O)(=O)C2=C(c3ccccc3)[C@]3(c4ccccc4)O[C@@]2(c2ccccc2)c2ccccc23)cc1. The van der Waals surface area contributed by atoms with Crippen LogP contribution in [-0.2, 0) is 25.8 Å². The van der Waals surface area contributed by atoms with Crippen molar-refractivity contribution < 1.29 is 13.2 Å². The molecule has 0 saturated heterocycles. The predicted octanol–water partition coefficient (Wildman–Crippen LogP) is 7.41. The summed E-state index contributed by atoms with van der Waals surface area (Å²) >= 11 is 0. The van der Waals surface area contributed by atoms with Crippen LogP contribution < -0.4 is 0 Å². The highest BCUT2D eigenvalue weighted by Crippen LogP contribution is 2.69. The van der Waals surface area contributed by atoms with Crippen molar-refractivity contribution in [3.63, 3.8) is 0 Å². The molecule has 2 bridgehead atoms. The number of benzene rings is 5. The Balaban J connectivity index is 1.70. The maximum absolute atomic E-state index is 14.9. The Labute approximate surface area is 229 Å². The molecule has 7 rings (SSSR count). The van der Waals surface area contributed by atoms with E-state index in [1.165, 1.54) is 0 Å². The van der Waals surface area contributed by atoms with Gasteiger partial charge in [-0.05, 0) is 41.3 Å². The van der Waals surface area contributed by atoms with E-state index in [0.717, 1.165) is 33.4 Å². The Morgan fingerprint density at radius 3 is 1.56 bits per heavy atom. The molecular weight excluding hydrogens is 500 g/mol.